The summed E-state index contributed by atoms with van der Waals surface area (Å²) in [6, 6.07) is 10.4. The first-order valence-corrected chi connectivity index (χ1v) is 5.00. The lowest BCUT2D eigenvalue weighted by Gasteiger charge is -2.06. The van der Waals surface area contributed by atoms with Crippen LogP contribution in [0.2, 0.25) is 0 Å². The van der Waals surface area contributed by atoms with Gasteiger partial charge in [0.05, 0.1) is 0 Å². The fraction of sp³-hybridized carbons (Fsp3) is 0.154. The Morgan fingerprint density at radius 3 is 2.47 bits per heavy atom. The number of benzene rings is 1. The Morgan fingerprint density at radius 2 is 1.80 bits per heavy atom. The van der Waals surface area contributed by atoms with Crippen molar-refractivity contribution in [3.05, 3.63) is 53.9 Å². The van der Waals surface area contributed by atoms with Crippen LogP contribution >= 0.6 is 0 Å². The molecule has 0 fully saturated rings. The molecule has 1 aromatic heterocycles. The van der Waals surface area contributed by atoms with Crippen LogP contribution in [0.4, 0.5) is 0 Å². The molecule has 1 heterocycles. The Bertz CT molecular complexity index is 449. The van der Waals surface area contributed by atoms with E-state index >= 15 is 0 Å². The topological polar surface area (TPSA) is 38.9 Å². The van der Waals surface area contributed by atoms with Crippen LogP contribution in [0.1, 0.15) is 11.1 Å². The summed E-state index contributed by atoms with van der Waals surface area (Å²) in [6.45, 7) is 2.67. The van der Waals surface area contributed by atoms with Gasteiger partial charge in [0.25, 0.3) is 0 Å². The van der Waals surface area contributed by atoms with Gasteiger partial charge in [-0.25, -0.2) is 0 Å². The maximum atomic E-state index is 5.65. The van der Waals surface area contributed by atoms with Crippen molar-refractivity contribution in [1.29, 1.82) is 0 Å². The first kappa shape index (κ1) is 9.87. The van der Waals surface area contributed by atoms with E-state index in [9.17, 15) is 0 Å². The van der Waals surface area contributed by atoms with Gasteiger partial charge >= 0.3 is 0 Å². The molecule has 0 atom stereocenters. The highest BCUT2D eigenvalue weighted by molar-refractivity contribution is 5.64. The standard InChI is InChI=1S/C13H14N2/c1-10-6-11(9-14)8-13(7-10)12-2-4-15-5-3-12/h2-8H,9,14H2,1H3. The number of aryl methyl sites for hydroxylation is 1. The van der Waals surface area contributed by atoms with E-state index in [0.29, 0.717) is 6.54 Å². The molecule has 2 nitrogen and oxygen atoms in total. The van der Waals surface area contributed by atoms with Crippen molar-refractivity contribution in [2.45, 2.75) is 13.5 Å². The molecule has 0 unspecified atom stereocenters. The minimum absolute atomic E-state index is 0.583. The number of nitrogens with two attached hydrogens (primary N) is 1. The van der Waals surface area contributed by atoms with Crippen LogP contribution in [0.3, 0.4) is 0 Å². The van der Waals surface area contributed by atoms with Crippen LogP contribution in [-0.4, -0.2) is 4.98 Å². The summed E-state index contributed by atoms with van der Waals surface area (Å²) in [4.78, 5) is 4.01. The van der Waals surface area contributed by atoms with Crippen molar-refractivity contribution < 1.29 is 0 Å². The first-order valence-electron chi connectivity index (χ1n) is 5.00. The van der Waals surface area contributed by atoms with E-state index in [-0.39, 0.29) is 0 Å². The number of hydrogen-bond acceptors (Lipinski definition) is 2. The molecule has 0 spiro atoms. The van der Waals surface area contributed by atoms with Crippen LogP contribution in [0.15, 0.2) is 42.7 Å². The average Bonchev–Trinajstić information content (AvgIpc) is 2.29. The Labute approximate surface area is 89.8 Å². The Morgan fingerprint density at radius 1 is 1.07 bits per heavy atom. The maximum absolute atomic E-state index is 5.65. The molecule has 1 aromatic carbocycles. The van der Waals surface area contributed by atoms with Crippen LogP contribution in [-0.2, 0) is 6.54 Å². The van der Waals surface area contributed by atoms with Gasteiger partial charge in [0, 0.05) is 18.9 Å². The second-order valence-electron chi connectivity index (χ2n) is 3.65. The highest BCUT2D eigenvalue weighted by Gasteiger charge is 1.99. The van der Waals surface area contributed by atoms with Gasteiger partial charge in [-0.05, 0) is 41.8 Å². The van der Waals surface area contributed by atoms with Gasteiger partial charge in [0.2, 0.25) is 0 Å². The van der Waals surface area contributed by atoms with E-state index in [2.05, 4.69) is 30.1 Å². The lowest BCUT2D eigenvalue weighted by atomic mass is 10.0. The van der Waals surface area contributed by atoms with E-state index in [1.54, 1.807) is 12.4 Å². The lowest BCUT2D eigenvalue weighted by molar-refractivity contribution is 1.07. The highest BCUT2D eigenvalue weighted by Crippen LogP contribution is 2.21. The first-order chi connectivity index (χ1) is 7.29. The highest BCUT2D eigenvalue weighted by atomic mass is 14.6. The summed E-state index contributed by atoms with van der Waals surface area (Å²) in [5.41, 5.74) is 10.5. The van der Waals surface area contributed by atoms with Gasteiger partial charge in [-0.15, -0.1) is 0 Å². The molecule has 0 aliphatic carbocycles. The molecule has 0 saturated heterocycles. The molecule has 0 radical (unpaired) electrons. The SMILES string of the molecule is Cc1cc(CN)cc(-c2ccncc2)c1. The normalized spacial score (nSPS) is 10.3. The monoisotopic (exact) mass is 198 g/mol. The average molecular weight is 198 g/mol. The zero-order valence-electron chi connectivity index (χ0n) is 8.77. The van der Waals surface area contributed by atoms with E-state index in [1.807, 2.05) is 12.1 Å². The Kier molecular flexibility index (Phi) is 2.79. The molecule has 2 N–H and O–H groups in total. The van der Waals surface area contributed by atoms with E-state index < -0.39 is 0 Å². The summed E-state index contributed by atoms with van der Waals surface area (Å²) < 4.78 is 0. The third-order valence-electron chi connectivity index (χ3n) is 2.39. The second-order valence-corrected chi connectivity index (χ2v) is 3.65. The molecule has 2 rings (SSSR count). The van der Waals surface area contributed by atoms with Crippen molar-refractivity contribution >= 4 is 0 Å². The molecule has 0 aliphatic heterocycles. The predicted molar refractivity (Wildman–Crippen MR) is 62.3 cm³/mol. The lowest BCUT2D eigenvalue weighted by Crippen LogP contribution is -1.97. The third kappa shape index (κ3) is 2.22. The Hall–Kier alpha value is -1.67. The molecule has 2 heteroatoms. The molecule has 15 heavy (non-hydrogen) atoms. The summed E-state index contributed by atoms with van der Waals surface area (Å²) in [5, 5.41) is 0. The van der Waals surface area contributed by atoms with Crippen molar-refractivity contribution in [3.63, 3.8) is 0 Å². The van der Waals surface area contributed by atoms with Gasteiger partial charge in [-0.2, -0.15) is 0 Å². The summed E-state index contributed by atoms with van der Waals surface area (Å²) in [5.74, 6) is 0. The molecule has 0 amide bonds. The third-order valence-corrected chi connectivity index (χ3v) is 2.39. The smallest absolute Gasteiger partial charge is 0.0273 e. The quantitative estimate of drug-likeness (QED) is 0.805. The number of hydrogen-bond donors (Lipinski definition) is 1. The fourth-order valence-electron chi connectivity index (χ4n) is 1.69. The van der Waals surface area contributed by atoms with Gasteiger partial charge in [-0.3, -0.25) is 4.98 Å². The van der Waals surface area contributed by atoms with Crippen LogP contribution in [0.5, 0.6) is 0 Å². The van der Waals surface area contributed by atoms with Crippen molar-refractivity contribution in [2.75, 3.05) is 0 Å². The van der Waals surface area contributed by atoms with Crippen molar-refractivity contribution in [2.24, 2.45) is 5.73 Å². The van der Waals surface area contributed by atoms with Gasteiger partial charge < -0.3 is 5.73 Å². The molecule has 0 saturated carbocycles. The van der Waals surface area contributed by atoms with Gasteiger partial charge in [-0.1, -0.05) is 17.7 Å². The molecule has 0 aliphatic rings. The number of pyridine rings is 1. The number of rotatable bonds is 2. The van der Waals surface area contributed by atoms with E-state index in [1.165, 1.54) is 22.3 Å². The zero-order valence-corrected chi connectivity index (χ0v) is 8.77. The molecule has 2 aromatic rings. The number of nitrogens with zero attached hydrogens (tertiary/aromatic N) is 1. The largest absolute Gasteiger partial charge is 0.326 e. The Balaban J connectivity index is 2.49. The molecule has 0 bridgehead atoms. The van der Waals surface area contributed by atoms with Crippen molar-refractivity contribution in [3.8, 4) is 11.1 Å². The minimum atomic E-state index is 0.583. The van der Waals surface area contributed by atoms with Crippen LogP contribution in [0.25, 0.3) is 11.1 Å². The molecule has 76 valence electrons. The van der Waals surface area contributed by atoms with Gasteiger partial charge in [0.1, 0.15) is 0 Å². The predicted octanol–water partition coefficient (Wildman–Crippen LogP) is 2.52. The molecular formula is C13H14N2. The second kappa shape index (κ2) is 4.24. The van der Waals surface area contributed by atoms with Gasteiger partial charge in [0.15, 0.2) is 0 Å². The van der Waals surface area contributed by atoms with E-state index in [0.717, 1.165) is 0 Å². The zero-order chi connectivity index (χ0) is 10.7. The molecular weight excluding hydrogens is 184 g/mol. The summed E-state index contributed by atoms with van der Waals surface area (Å²) >= 11 is 0. The van der Waals surface area contributed by atoms with Crippen molar-refractivity contribution in [1.82, 2.24) is 4.98 Å². The minimum Gasteiger partial charge on any atom is -0.326 e. The van der Waals surface area contributed by atoms with Crippen LogP contribution in [0, 0.1) is 6.92 Å². The fourth-order valence-corrected chi connectivity index (χ4v) is 1.69. The maximum Gasteiger partial charge on any atom is 0.0273 e. The number of aromatic nitrogens is 1. The van der Waals surface area contributed by atoms with E-state index in [4.69, 9.17) is 5.73 Å². The van der Waals surface area contributed by atoms with Crippen LogP contribution < -0.4 is 5.73 Å². The summed E-state index contributed by atoms with van der Waals surface area (Å²) in [6.07, 6.45) is 3.61. The summed E-state index contributed by atoms with van der Waals surface area (Å²) in [7, 11) is 0.